The lowest BCUT2D eigenvalue weighted by atomic mass is 10.3. The average Bonchev–Trinajstić information content (AvgIpc) is 3.00. The van der Waals surface area contributed by atoms with Crippen LogP contribution in [0.5, 0.6) is 0 Å². The highest BCUT2D eigenvalue weighted by molar-refractivity contribution is 7.13. The topological polar surface area (TPSA) is 71.1 Å². The van der Waals surface area contributed by atoms with Gasteiger partial charge in [-0.1, -0.05) is 0 Å². The van der Waals surface area contributed by atoms with Gasteiger partial charge in [0, 0.05) is 11.3 Å². The molecule has 1 aromatic heterocycles. The smallest absolute Gasteiger partial charge is 0.283 e. The van der Waals surface area contributed by atoms with Gasteiger partial charge >= 0.3 is 6.03 Å². The number of nitrogens with one attached hydrogen (secondary N) is 2. The molecule has 2 N–H and O–H groups in total. The fraction of sp³-hybridized carbons (Fsp3) is 0.500. The van der Waals surface area contributed by atoms with Crippen molar-refractivity contribution in [2.45, 2.75) is 31.1 Å². The van der Waals surface area contributed by atoms with Crippen LogP contribution in [0.25, 0.3) is 0 Å². The van der Waals surface area contributed by atoms with Gasteiger partial charge in [-0.25, -0.2) is 9.78 Å². The van der Waals surface area contributed by atoms with E-state index in [1.54, 1.807) is 0 Å². The molecule has 0 aromatic carbocycles. The molecule has 2 rings (SSSR count). The molecule has 3 amide bonds. The Kier molecular flexibility index (Phi) is 3.63. The molecule has 92 valence electrons. The lowest BCUT2D eigenvalue weighted by Crippen LogP contribution is -2.38. The zero-order valence-corrected chi connectivity index (χ0v) is 10.8. The van der Waals surface area contributed by atoms with Crippen LogP contribution < -0.4 is 10.6 Å². The van der Waals surface area contributed by atoms with E-state index in [9.17, 15) is 9.59 Å². The van der Waals surface area contributed by atoms with Crippen LogP contribution in [0.2, 0.25) is 0 Å². The second-order valence-electron chi connectivity index (χ2n) is 3.91. The van der Waals surface area contributed by atoms with Gasteiger partial charge in [0.1, 0.15) is 5.38 Å². The van der Waals surface area contributed by atoms with E-state index in [1.165, 1.54) is 18.3 Å². The molecule has 1 fully saturated rings. The van der Waals surface area contributed by atoms with Gasteiger partial charge in [-0.2, -0.15) is 0 Å². The van der Waals surface area contributed by atoms with Gasteiger partial charge in [0.2, 0.25) is 5.91 Å². The average molecular weight is 274 g/mol. The molecule has 1 saturated carbocycles. The van der Waals surface area contributed by atoms with E-state index in [4.69, 9.17) is 11.6 Å². The van der Waals surface area contributed by atoms with Crippen LogP contribution in [-0.2, 0) is 4.79 Å². The molecule has 1 atom stereocenters. The molecule has 5 nitrogen and oxygen atoms in total. The van der Waals surface area contributed by atoms with Crippen LogP contribution in [0.3, 0.4) is 0 Å². The molecule has 7 heteroatoms. The highest BCUT2D eigenvalue weighted by Crippen LogP contribution is 2.40. The van der Waals surface area contributed by atoms with Gasteiger partial charge in [-0.05, 0) is 19.8 Å². The Balaban J connectivity index is 1.86. The standard InChI is InChI=1S/C10H12ClN3O2S/c1-5(11)8(15)13-9(16)14-10-12-7(4-17-10)6-2-3-6/h4-6H,2-3H2,1H3,(H2,12,13,14,15,16). The van der Waals surface area contributed by atoms with Crippen LogP contribution in [0.4, 0.5) is 9.93 Å². The molecule has 0 spiro atoms. The number of urea groups is 1. The molecule has 1 unspecified atom stereocenters. The molecular weight excluding hydrogens is 262 g/mol. The molecule has 1 aliphatic rings. The SMILES string of the molecule is CC(Cl)C(=O)NC(=O)Nc1nc(C2CC2)cs1. The minimum Gasteiger partial charge on any atom is -0.283 e. The molecule has 1 aromatic rings. The summed E-state index contributed by atoms with van der Waals surface area (Å²) in [7, 11) is 0. The van der Waals surface area contributed by atoms with Crippen molar-refractivity contribution in [3.63, 3.8) is 0 Å². The van der Waals surface area contributed by atoms with Crippen molar-refractivity contribution in [1.82, 2.24) is 10.3 Å². The first kappa shape index (κ1) is 12.3. The predicted octanol–water partition coefficient (Wildman–Crippen LogP) is 2.30. The number of amides is 3. The van der Waals surface area contributed by atoms with Crippen molar-refractivity contribution in [2.24, 2.45) is 0 Å². The Morgan fingerprint density at radius 2 is 2.29 bits per heavy atom. The first-order chi connectivity index (χ1) is 8.06. The number of carbonyl (C=O) groups is 2. The van der Waals surface area contributed by atoms with E-state index < -0.39 is 17.3 Å². The second-order valence-corrected chi connectivity index (χ2v) is 5.42. The number of imide groups is 1. The highest BCUT2D eigenvalue weighted by atomic mass is 35.5. The largest absolute Gasteiger partial charge is 0.327 e. The third-order valence-corrected chi connectivity index (χ3v) is 3.31. The molecule has 1 heterocycles. The number of anilines is 1. The molecule has 1 aliphatic carbocycles. The lowest BCUT2D eigenvalue weighted by Gasteiger charge is -2.04. The van der Waals surface area contributed by atoms with Gasteiger partial charge in [0.05, 0.1) is 5.69 Å². The molecule has 0 radical (unpaired) electrons. The summed E-state index contributed by atoms with van der Waals surface area (Å²) >= 11 is 6.88. The Bertz CT molecular complexity index is 443. The van der Waals surface area contributed by atoms with E-state index in [2.05, 4.69) is 15.6 Å². The van der Waals surface area contributed by atoms with Gasteiger partial charge in [0.15, 0.2) is 5.13 Å². The van der Waals surface area contributed by atoms with Crippen molar-refractivity contribution in [2.75, 3.05) is 5.32 Å². The predicted molar refractivity (Wildman–Crippen MR) is 66.6 cm³/mol. The number of nitrogens with zero attached hydrogens (tertiary/aromatic N) is 1. The molecule has 0 aliphatic heterocycles. The zero-order chi connectivity index (χ0) is 12.4. The Hall–Kier alpha value is -1.14. The first-order valence-electron chi connectivity index (χ1n) is 5.27. The number of hydrogen-bond acceptors (Lipinski definition) is 4. The molecule has 0 bridgehead atoms. The third kappa shape index (κ3) is 3.41. The minimum atomic E-state index is -0.737. The summed E-state index contributed by atoms with van der Waals surface area (Å²) in [6.45, 7) is 1.50. The molecule has 0 saturated heterocycles. The third-order valence-electron chi connectivity index (χ3n) is 2.34. The quantitative estimate of drug-likeness (QED) is 0.830. The van der Waals surface area contributed by atoms with Crippen molar-refractivity contribution >= 4 is 40.0 Å². The monoisotopic (exact) mass is 273 g/mol. The second kappa shape index (κ2) is 5.01. The van der Waals surface area contributed by atoms with Gasteiger partial charge in [-0.15, -0.1) is 22.9 Å². The summed E-state index contributed by atoms with van der Waals surface area (Å²) in [6.07, 6.45) is 2.33. The maximum atomic E-state index is 11.4. The van der Waals surface area contributed by atoms with Crippen molar-refractivity contribution in [1.29, 1.82) is 0 Å². The van der Waals surface area contributed by atoms with Crippen molar-refractivity contribution in [3.05, 3.63) is 11.1 Å². The Morgan fingerprint density at radius 3 is 2.88 bits per heavy atom. The van der Waals surface area contributed by atoms with E-state index in [1.807, 2.05) is 5.38 Å². The number of carbonyl (C=O) groups excluding carboxylic acids is 2. The Labute approximate surface area is 108 Å². The zero-order valence-electron chi connectivity index (χ0n) is 9.20. The van der Waals surface area contributed by atoms with Gasteiger partial charge in [0.25, 0.3) is 0 Å². The highest BCUT2D eigenvalue weighted by Gasteiger charge is 2.26. The van der Waals surface area contributed by atoms with Crippen LogP contribution in [0, 0.1) is 0 Å². The van der Waals surface area contributed by atoms with Crippen molar-refractivity contribution < 1.29 is 9.59 Å². The normalized spacial score (nSPS) is 16.4. The summed E-state index contributed by atoms with van der Waals surface area (Å²) in [6, 6.07) is -0.598. The van der Waals surface area contributed by atoms with Crippen LogP contribution >= 0.6 is 22.9 Å². The Morgan fingerprint density at radius 1 is 1.59 bits per heavy atom. The summed E-state index contributed by atoms with van der Waals surface area (Å²) in [5.74, 6) is 0.0255. The maximum absolute atomic E-state index is 11.4. The number of hydrogen-bond donors (Lipinski definition) is 2. The summed E-state index contributed by atoms with van der Waals surface area (Å²) in [5.41, 5.74) is 1.02. The first-order valence-corrected chi connectivity index (χ1v) is 6.59. The molecular formula is C10H12ClN3O2S. The van der Waals surface area contributed by atoms with E-state index in [0.29, 0.717) is 11.0 Å². The summed E-state index contributed by atoms with van der Waals surface area (Å²) in [4.78, 5) is 26.8. The fourth-order valence-corrected chi connectivity index (χ4v) is 2.09. The summed E-state index contributed by atoms with van der Waals surface area (Å²) in [5, 5.41) is 6.33. The number of thiazole rings is 1. The van der Waals surface area contributed by atoms with E-state index >= 15 is 0 Å². The lowest BCUT2D eigenvalue weighted by molar-refractivity contribution is -0.119. The minimum absolute atomic E-state index is 0.499. The fourth-order valence-electron chi connectivity index (χ4n) is 1.25. The molecule has 17 heavy (non-hydrogen) atoms. The van der Waals surface area contributed by atoms with Gasteiger partial charge in [-0.3, -0.25) is 15.4 Å². The van der Waals surface area contributed by atoms with Crippen LogP contribution in [0.15, 0.2) is 5.38 Å². The summed E-state index contributed by atoms with van der Waals surface area (Å²) < 4.78 is 0. The van der Waals surface area contributed by atoms with Crippen LogP contribution in [0.1, 0.15) is 31.4 Å². The number of alkyl halides is 1. The number of rotatable bonds is 3. The number of halogens is 1. The van der Waals surface area contributed by atoms with E-state index in [0.717, 1.165) is 18.5 Å². The number of aromatic nitrogens is 1. The van der Waals surface area contributed by atoms with E-state index in [-0.39, 0.29) is 0 Å². The van der Waals surface area contributed by atoms with Crippen molar-refractivity contribution in [3.8, 4) is 0 Å². The van der Waals surface area contributed by atoms with Crippen LogP contribution in [-0.4, -0.2) is 22.3 Å². The van der Waals surface area contributed by atoms with Gasteiger partial charge < -0.3 is 0 Å². The maximum Gasteiger partial charge on any atom is 0.327 e.